The Kier molecular flexibility index (Phi) is 12.2. The van der Waals surface area contributed by atoms with Crippen LogP contribution in [0.3, 0.4) is 0 Å². The van der Waals surface area contributed by atoms with E-state index in [1.165, 1.54) is 50.9 Å². The third kappa shape index (κ3) is 9.26. The van der Waals surface area contributed by atoms with Gasteiger partial charge in [-0.3, -0.25) is 4.99 Å². The summed E-state index contributed by atoms with van der Waals surface area (Å²) < 4.78 is 5.96. The lowest BCUT2D eigenvalue weighted by Gasteiger charge is -2.35. The van der Waals surface area contributed by atoms with Gasteiger partial charge in [0.1, 0.15) is 0 Å². The topological polar surface area (TPSA) is 40.1 Å². The molecule has 0 aliphatic carbocycles. The second-order valence-electron chi connectivity index (χ2n) is 9.49. The number of halogens is 1. The highest BCUT2D eigenvalue weighted by Crippen LogP contribution is 2.21. The molecule has 5 nitrogen and oxygen atoms in total. The number of hydrogen-bond donors (Lipinski definition) is 1. The van der Waals surface area contributed by atoms with Crippen LogP contribution in [0.4, 0.5) is 0 Å². The van der Waals surface area contributed by atoms with E-state index in [9.17, 15) is 0 Å². The number of hydrogen-bond acceptors (Lipinski definition) is 3. The molecule has 31 heavy (non-hydrogen) atoms. The molecule has 2 heterocycles. The molecule has 0 aromatic heterocycles. The number of guanidine groups is 1. The van der Waals surface area contributed by atoms with Gasteiger partial charge in [0.2, 0.25) is 0 Å². The Morgan fingerprint density at radius 2 is 1.84 bits per heavy atom. The van der Waals surface area contributed by atoms with E-state index < -0.39 is 0 Å². The van der Waals surface area contributed by atoms with Crippen LogP contribution in [0.5, 0.6) is 0 Å². The molecule has 1 aromatic rings. The standard InChI is InChI=1S/C25H42N4O.HI/c1-21-15-22(2)17-28(16-21)13-8-7-12-27-25(26-3)29-14-11-24(18-29)20-30-19-23-9-5-4-6-10-23;/h4-6,9-10,21-22,24H,7-8,11-20H2,1-3H3,(H,26,27);1H. The monoisotopic (exact) mass is 542 g/mol. The van der Waals surface area contributed by atoms with Crippen molar-refractivity contribution in [3.05, 3.63) is 35.9 Å². The molecule has 3 atom stereocenters. The summed E-state index contributed by atoms with van der Waals surface area (Å²) in [5, 5.41) is 3.59. The third-order valence-electron chi connectivity index (χ3n) is 6.39. The van der Waals surface area contributed by atoms with Gasteiger partial charge in [0.05, 0.1) is 13.2 Å². The number of aliphatic imine (C=N–C) groups is 1. The molecular formula is C25H43IN4O. The van der Waals surface area contributed by atoms with E-state index in [0.717, 1.165) is 44.0 Å². The number of ether oxygens (including phenoxy) is 1. The average Bonchev–Trinajstić information content (AvgIpc) is 3.19. The first-order valence-electron chi connectivity index (χ1n) is 11.9. The average molecular weight is 543 g/mol. The molecule has 0 saturated carbocycles. The molecule has 0 spiro atoms. The first-order valence-corrected chi connectivity index (χ1v) is 11.9. The highest BCUT2D eigenvalue weighted by Gasteiger charge is 2.25. The van der Waals surface area contributed by atoms with Crippen LogP contribution in [0.25, 0.3) is 0 Å². The summed E-state index contributed by atoms with van der Waals surface area (Å²) in [6.45, 7) is 13.2. The van der Waals surface area contributed by atoms with Crippen LogP contribution in [0.15, 0.2) is 35.3 Å². The van der Waals surface area contributed by atoms with Gasteiger partial charge in [-0.1, -0.05) is 44.2 Å². The molecule has 6 heteroatoms. The molecule has 176 valence electrons. The minimum absolute atomic E-state index is 0. The highest BCUT2D eigenvalue weighted by molar-refractivity contribution is 14.0. The Hall–Kier alpha value is -0.860. The number of unbranched alkanes of at least 4 members (excludes halogenated alkanes) is 1. The molecule has 2 aliphatic rings. The fourth-order valence-corrected chi connectivity index (χ4v) is 5.05. The molecule has 0 radical (unpaired) electrons. The quantitative estimate of drug-likeness (QED) is 0.216. The van der Waals surface area contributed by atoms with E-state index in [4.69, 9.17) is 4.74 Å². The van der Waals surface area contributed by atoms with Crippen LogP contribution in [0, 0.1) is 17.8 Å². The Balaban J connectivity index is 0.00000341. The summed E-state index contributed by atoms with van der Waals surface area (Å²) >= 11 is 0. The first-order chi connectivity index (χ1) is 14.6. The molecule has 2 aliphatic heterocycles. The van der Waals surface area contributed by atoms with E-state index in [2.05, 4.69) is 58.2 Å². The largest absolute Gasteiger partial charge is 0.376 e. The van der Waals surface area contributed by atoms with Gasteiger partial charge in [-0.15, -0.1) is 24.0 Å². The molecule has 1 aromatic carbocycles. The number of likely N-dealkylation sites (tertiary alicyclic amines) is 2. The molecule has 2 saturated heterocycles. The van der Waals surface area contributed by atoms with Crippen molar-refractivity contribution in [3.8, 4) is 0 Å². The Labute approximate surface area is 207 Å². The van der Waals surface area contributed by atoms with Gasteiger partial charge in [-0.05, 0) is 49.6 Å². The van der Waals surface area contributed by atoms with Crippen molar-refractivity contribution in [1.82, 2.24) is 15.1 Å². The summed E-state index contributed by atoms with van der Waals surface area (Å²) in [4.78, 5) is 9.57. The molecule has 0 bridgehead atoms. The maximum absolute atomic E-state index is 5.96. The van der Waals surface area contributed by atoms with Crippen LogP contribution < -0.4 is 5.32 Å². The summed E-state index contributed by atoms with van der Waals surface area (Å²) in [5.41, 5.74) is 1.25. The zero-order chi connectivity index (χ0) is 21.2. The zero-order valence-electron chi connectivity index (χ0n) is 19.8. The maximum atomic E-state index is 5.96. The summed E-state index contributed by atoms with van der Waals surface area (Å²) in [6.07, 6.45) is 5.04. The summed E-state index contributed by atoms with van der Waals surface area (Å²) in [6, 6.07) is 10.4. The number of nitrogens with zero attached hydrogens (tertiary/aromatic N) is 3. The van der Waals surface area contributed by atoms with Crippen molar-refractivity contribution >= 4 is 29.9 Å². The van der Waals surface area contributed by atoms with Crippen LogP contribution in [0.2, 0.25) is 0 Å². The lowest BCUT2D eigenvalue weighted by molar-refractivity contribution is 0.0906. The third-order valence-corrected chi connectivity index (χ3v) is 6.39. The first kappa shape index (κ1) is 26.4. The van der Waals surface area contributed by atoms with Crippen molar-refractivity contribution in [3.63, 3.8) is 0 Å². The Morgan fingerprint density at radius 1 is 1.10 bits per heavy atom. The second-order valence-corrected chi connectivity index (χ2v) is 9.49. The van der Waals surface area contributed by atoms with Gasteiger partial charge in [0, 0.05) is 45.7 Å². The van der Waals surface area contributed by atoms with E-state index in [1.807, 2.05) is 13.1 Å². The van der Waals surface area contributed by atoms with E-state index in [1.54, 1.807) is 0 Å². The molecule has 1 N–H and O–H groups in total. The minimum Gasteiger partial charge on any atom is -0.376 e. The molecular weight excluding hydrogens is 499 g/mol. The number of piperidine rings is 1. The van der Waals surface area contributed by atoms with E-state index in [0.29, 0.717) is 12.5 Å². The van der Waals surface area contributed by atoms with Crippen LogP contribution in [0.1, 0.15) is 45.1 Å². The molecule has 0 amide bonds. The van der Waals surface area contributed by atoms with Crippen molar-refractivity contribution in [2.24, 2.45) is 22.7 Å². The summed E-state index contributed by atoms with van der Waals surface area (Å²) in [5.74, 6) is 3.35. The fourth-order valence-electron chi connectivity index (χ4n) is 5.05. The van der Waals surface area contributed by atoms with Crippen molar-refractivity contribution in [2.75, 3.05) is 52.9 Å². The normalized spacial score (nSPS) is 24.8. The number of benzene rings is 1. The maximum Gasteiger partial charge on any atom is 0.193 e. The predicted octanol–water partition coefficient (Wildman–Crippen LogP) is 4.48. The minimum atomic E-state index is 0. The predicted molar refractivity (Wildman–Crippen MR) is 141 cm³/mol. The molecule has 2 fully saturated rings. The van der Waals surface area contributed by atoms with Gasteiger partial charge in [0.25, 0.3) is 0 Å². The van der Waals surface area contributed by atoms with Crippen molar-refractivity contribution in [2.45, 2.75) is 46.1 Å². The van der Waals surface area contributed by atoms with E-state index >= 15 is 0 Å². The van der Waals surface area contributed by atoms with Crippen LogP contribution in [-0.4, -0.2) is 68.7 Å². The Bertz CT molecular complexity index is 632. The lowest BCUT2D eigenvalue weighted by atomic mass is 9.92. The molecule has 3 unspecified atom stereocenters. The van der Waals surface area contributed by atoms with Crippen LogP contribution in [-0.2, 0) is 11.3 Å². The highest BCUT2D eigenvalue weighted by atomic mass is 127. The summed E-state index contributed by atoms with van der Waals surface area (Å²) in [7, 11) is 1.90. The van der Waals surface area contributed by atoms with Gasteiger partial charge >= 0.3 is 0 Å². The van der Waals surface area contributed by atoms with Gasteiger partial charge in [0.15, 0.2) is 5.96 Å². The zero-order valence-corrected chi connectivity index (χ0v) is 22.1. The number of nitrogens with one attached hydrogen (secondary N) is 1. The fraction of sp³-hybridized carbons (Fsp3) is 0.720. The SMILES string of the molecule is CN=C(NCCCCN1CC(C)CC(C)C1)N1CCC(COCc2ccccc2)C1.I. The van der Waals surface area contributed by atoms with E-state index in [-0.39, 0.29) is 24.0 Å². The smallest absolute Gasteiger partial charge is 0.193 e. The number of rotatable bonds is 9. The second kappa shape index (κ2) is 14.3. The van der Waals surface area contributed by atoms with Gasteiger partial charge in [-0.2, -0.15) is 0 Å². The lowest BCUT2D eigenvalue weighted by Crippen LogP contribution is -2.41. The Morgan fingerprint density at radius 3 is 2.55 bits per heavy atom. The van der Waals surface area contributed by atoms with Gasteiger partial charge < -0.3 is 19.9 Å². The van der Waals surface area contributed by atoms with Crippen LogP contribution >= 0.6 is 24.0 Å². The van der Waals surface area contributed by atoms with Crippen molar-refractivity contribution in [1.29, 1.82) is 0 Å². The molecule has 3 rings (SSSR count). The van der Waals surface area contributed by atoms with Crippen molar-refractivity contribution < 1.29 is 4.74 Å². The van der Waals surface area contributed by atoms with Gasteiger partial charge in [-0.25, -0.2) is 0 Å².